The van der Waals surface area contributed by atoms with Crippen molar-refractivity contribution in [3.8, 4) is 0 Å². The topological polar surface area (TPSA) is 76.5 Å². The zero-order chi connectivity index (χ0) is 16.2. The summed E-state index contributed by atoms with van der Waals surface area (Å²) in [7, 11) is 1.56. The lowest BCUT2D eigenvalue weighted by atomic mass is 10.1. The van der Waals surface area contributed by atoms with E-state index in [9.17, 15) is 9.59 Å². The molecule has 1 aromatic rings. The van der Waals surface area contributed by atoms with Crippen molar-refractivity contribution in [1.82, 2.24) is 20.0 Å². The average Bonchev–Trinajstić information content (AvgIpc) is 3.30. The molecular formula is C16H24N4O3. The summed E-state index contributed by atoms with van der Waals surface area (Å²) in [5.74, 6) is 0.292. The minimum atomic E-state index is -0.227. The highest BCUT2D eigenvalue weighted by molar-refractivity contribution is 5.91. The van der Waals surface area contributed by atoms with E-state index in [1.807, 2.05) is 0 Å². The third kappa shape index (κ3) is 4.17. The quantitative estimate of drug-likeness (QED) is 0.771. The van der Waals surface area contributed by atoms with E-state index in [-0.39, 0.29) is 17.2 Å². The molecular weight excluding hydrogens is 296 g/mol. The lowest BCUT2D eigenvalue weighted by molar-refractivity contribution is 0.0938. The number of likely N-dealkylation sites (tertiary alicyclic amines) is 1. The summed E-state index contributed by atoms with van der Waals surface area (Å²) in [6.45, 7) is 3.62. The van der Waals surface area contributed by atoms with Crippen LogP contribution < -0.4 is 10.9 Å². The van der Waals surface area contributed by atoms with Gasteiger partial charge in [-0.15, -0.1) is 0 Å². The summed E-state index contributed by atoms with van der Waals surface area (Å²) >= 11 is 0. The van der Waals surface area contributed by atoms with Gasteiger partial charge in [-0.05, 0) is 37.8 Å². The molecule has 0 spiro atoms. The maximum Gasteiger partial charge on any atom is 0.271 e. The number of methoxy groups -OCH3 is 1. The highest BCUT2D eigenvalue weighted by atomic mass is 16.5. The predicted octanol–water partition coefficient (Wildman–Crippen LogP) is 0.104. The Bertz CT molecular complexity index is 612. The molecule has 3 rings (SSSR count). The zero-order valence-corrected chi connectivity index (χ0v) is 13.5. The summed E-state index contributed by atoms with van der Waals surface area (Å²) < 4.78 is 6.21. The van der Waals surface area contributed by atoms with Crippen molar-refractivity contribution in [3.05, 3.63) is 28.2 Å². The number of carbonyl (C=O) groups is 1. The molecule has 1 amide bonds. The normalized spacial score (nSPS) is 21.5. The van der Waals surface area contributed by atoms with Gasteiger partial charge in [-0.3, -0.25) is 9.59 Å². The van der Waals surface area contributed by atoms with Gasteiger partial charge in [0.25, 0.3) is 11.5 Å². The minimum absolute atomic E-state index is 0.221. The van der Waals surface area contributed by atoms with Crippen LogP contribution in [-0.4, -0.2) is 60.0 Å². The van der Waals surface area contributed by atoms with E-state index in [0.29, 0.717) is 25.6 Å². The van der Waals surface area contributed by atoms with E-state index >= 15 is 0 Å². The van der Waals surface area contributed by atoms with Crippen molar-refractivity contribution in [3.63, 3.8) is 0 Å². The molecule has 0 radical (unpaired) electrons. The second-order valence-corrected chi connectivity index (χ2v) is 6.36. The van der Waals surface area contributed by atoms with E-state index in [0.717, 1.165) is 25.6 Å². The van der Waals surface area contributed by atoms with Crippen LogP contribution in [0.3, 0.4) is 0 Å². The summed E-state index contributed by atoms with van der Waals surface area (Å²) in [5, 5.41) is 7.06. The first-order valence-electron chi connectivity index (χ1n) is 8.26. The third-order valence-corrected chi connectivity index (χ3v) is 4.54. The van der Waals surface area contributed by atoms with E-state index in [1.54, 1.807) is 7.11 Å². The van der Waals surface area contributed by atoms with Crippen LogP contribution in [0, 0.1) is 5.92 Å². The fourth-order valence-electron chi connectivity index (χ4n) is 3.04. The van der Waals surface area contributed by atoms with Gasteiger partial charge < -0.3 is 15.0 Å². The van der Waals surface area contributed by atoms with Crippen molar-refractivity contribution in [2.24, 2.45) is 5.92 Å². The first-order chi connectivity index (χ1) is 11.2. The summed E-state index contributed by atoms with van der Waals surface area (Å²) in [6.07, 6.45) is 3.79. The molecule has 1 aliphatic heterocycles. The smallest absolute Gasteiger partial charge is 0.271 e. The Hall–Kier alpha value is -1.73. The fourth-order valence-corrected chi connectivity index (χ4v) is 3.04. The summed E-state index contributed by atoms with van der Waals surface area (Å²) in [4.78, 5) is 26.4. The second kappa shape index (κ2) is 7.23. The Morgan fingerprint density at radius 3 is 2.96 bits per heavy atom. The van der Waals surface area contributed by atoms with Crippen LogP contribution in [0.15, 0.2) is 16.9 Å². The van der Waals surface area contributed by atoms with Crippen molar-refractivity contribution in [1.29, 1.82) is 0 Å². The van der Waals surface area contributed by atoms with E-state index in [4.69, 9.17) is 4.74 Å². The third-order valence-electron chi connectivity index (χ3n) is 4.54. The van der Waals surface area contributed by atoms with Crippen LogP contribution in [0.5, 0.6) is 0 Å². The van der Waals surface area contributed by atoms with Gasteiger partial charge in [0.05, 0.1) is 13.2 Å². The van der Waals surface area contributed by atoms with Gasteiger partial charge in [0.1, 0.15) is 5.69 Å². The molecule has 1 saturated carbocycles. The SMILES string of the molecule is COCCn1nc(C(=O)NCC2CCN(C3CC3)C2)ccc1=O. The lowest BCUT2D eigenvalue weighted by Crippen LogP contribution is -2.34. The molecule has 1 N–H and O–H groups in total. The predicted molar refractivity (Wildman–Crippen MR) is 85.4 cm³/mol. The van der Waals surface area contributed by atoms with Crippen molar-refractivity contribution in [2.75, 3.05) is 33.4 Å². The number of rotatable bonds is 7. The molecule has 1 saturated heterocycles. The average molecular weight is 320 g/mol. The van der Waals surface area contributed by atoms with Gasteiger partial charge >= 0.3 is 0 Å². The molecule has 126 valence electrons. The number of aromatic nitrogens is 2. The molecule has 2 heterocycles. The van der Waals surface area contributed by atoms with Crippen LogP contribution in [0.2, 0.25) is 0 Å². The Morgan fingerprint density at radius 2 is 2.22 bits per heavy atom. The second-order valence-electron chi connectivity index (χ2n) is 6.36. The standard InChI is InChI=1S/C16H24N4O3/c1-23-9-8-20-15(21)5-4-14(18-20)16(22)17-10-12-6-7-19(11-12)13-2-3-13/h4-5,12-13H,2-3,6-11H2,1H3,(H,17,22). The fraction of sp³-hybridized carbons (Fsp3) is 0.688. The molecule has 2 aliphatic rings. The Kier molecular flexibility index (Phi) is 5.07. The van der Waals surface area contributed by atoms with Crippen molar-refractivity contribution < 1.29 is 9.53 Å². The van der Waals surface area contributed by atoms with E-state index in [2.05, 4.69) is 15.3 Å². The molecule has 1 aliphatic carbocycles. The number of ether oxygens (including phenoxy) is 1. The maximum atomic E-state index is 12.2. The molecule has 7 nitrogen and oxygen atoms in total. The Balaban J connectivity index is 1.52. The van der Waals surface area contributed by atoms with E-state index < -0.39 is 0 Å². The minimum Gasteiger partial charge on any atom is -0.383 e. The number of nitrogens with zero attached hydrogens (tertiary/aromatic N) is 3. The van der Waals surface area contributed by atoms with Crippen molar-refractivity contribution >= 4 is 5.91 Å². The Labute approximate surface area is 135 Å². The van der Waals surface area contributed by atoms with Gasteiger partial charge in [-0.25, -0.2) is 4.68 Å². The number of carbonyl (C=O) groups excluding carboxylic acids is 1. The first-order valence-corrected chi connectivity index (χ1v) is 8.26. The van der Waals surface area contributed by atoms with Gasteiger partial charge in [-0.2, -0.15) is 5.10 Å². The molecule has 0 bridgehead atoms. The lowest BCUT2D eigenvalue weighted by Gasteiger charge is -2.15. The number of hydrogen-bond donors (Lipinski definition) is 1. The monoisotopic (exact) mass is 320 g/mol. The maximum absolute atomic E-state index is 12.2. The van der Waals surface area contributed by atoms with Gasteiger partial charge in [0.2, 0.25) is 0 Å². The highest BCUT2D eigenvalue weighted by Gasteiger charge is 2.34. The Morgan fingerprint density at radius 1 is 1.39 bits per heavy atom. The summed E-state index contributed by atoms with van der Waals surface area (Å²) in [5.41, 5.74) is 0.0483. The molecule has 1 atom stereocenters. The number of amides is 1. The van der Waals surface area contributed by atoms with Crippen LogP contribution in [0.25, 0.3) is 0 Å². The van der Waals surface area contributed by atoms with Gasteiger partial charge in [-0.1, -0.05) is 0 Å². The first kappa shape index (κ1) is 16.1. The van der Waals surface area contributed by atoms with Crippen molar-refractivity contribution in [2.45, 2.75) is 31.8 Å². The van der Waals surface area contributed by atoms with Crippen LogP contribution in [0.1, 0.15) is 29.8 Å². The molecule has 23 heavy (non-hydrogen) atoms. The largest absolute Gasteiger partial charge is 0.383 e. The molecule has 1 aromatic heterocycles. The zero-order valence-electron chi connectivity index (χ0n) is 13.5. The molecule has 1 unspecified atom stereocenters. The van der Waals surface area contributed by atoms with Crippen LogP contribution >= 0.6 is 0 Å². The molecule has 7 heteroatoms. The van der Waals surface area contributed by atoms with E-state index in [1.165, 1.54) is 29.7 Å². The van der Waals surface area contributed by atoms with Gasteiger partial charge in [0.15, 0.2) is 0 Å². The molecule has 2 fully saturated rings. The van der Waals surface area contributed by atoms with Gasteiger partial charge in [0, 0.05) is 32.3 Å². The van der Waals surface area contributed by atoms with Crippen LogP contribution in [0.4, 0.5) is 0 Å². The number of nitrogens with one attached hydrogen (secondary N) is 1. The highest BCUT2D eigenvalue weighted by Crippen LogP contribution is 2.31. The van der Waals surface area contributed by atoms with Crippen LogP contribution in [-0.2, 0) is 11.3 Å². The summed E-state index contributed by atoms with van der Waals surface area (Å²) in [6, 6.07) is 3.65. The number of hydrogen-bond acceptors (Lipinski definition) is 5. The molecule has 0 aromatic carbocycles.